The van der Waals surface area contributed by atoms with Crippen molar-refractivity contribution in [3.8, 4) is 0 Å². The van der Waals surface area contributed by atoms with Gasteiger partial charge in [-0.3, -0.25) is 14.3 Å². The van der Waals surface area contributed by atoms with Crippen molar-refractivity contribution < 1.29 is 9.84 Å². The highest BCUT2D eigenvalue weighted by Gasteiger charge is 2.35. The number of rotatable bonds is 3. The van der Waals surface area contributed by atoms with Gasteiger partial charge in [0, 0.05) is 17.5 Å². The number of azide groups is 1. The van der Waals surface area contributed by atoms with Crippen LogP contribution < -0.4 is 11.2 Å². The first-order chi connectivity index (χ1) is 9.02. The average Bonchev–Trinajstić information content (AvgIpc) is 2.72. The largest absolute Gasteiger partial charge is 0.390 e. The number of hydrogen-bond acceptors (Lipinski definition) is 5. The van der Waals surface area contributed by atoms with E-state index in [-0.39, 0.29) is 17.4 Å². The number of ether oxygens (including phenoxy) is 1. The minimum Gasteiger partial charge on any atom is -0.390 e. The van der Waals surface area contributed by atoms with E-state index in [1.54, 1.807) is 0 Å². The topological polar surface area (TPSA) is 133 Å². The van der Waals surface area contributed by atoms with Crippen molar-refractivity contribution in [3.63, 3.8) is 0 Å². The summed E-state index contributed by atoms with van der Waals surface area (Å²) in [6.07, 6.45) is -0.750. The van der Waals surface area contributed by atoms with Gasteiger partial charge in [-0.15, -0.1) is 0 Å². The van der Waals surface area contributed by atoms with Crippen LogP contribution in [0.2, 0.25) is 0 Å². The minimum atomic E-state index is -0.840. The van der Waals surface area contributed by atoms with Gasteiger partial charge >= 0.3 is 5.69 Å². The first-order valence-corrected chi connectivity index (χ1v) is 6.17. The summed E-state index contributed by atoms with van der Waals surface area (Å²) < 4.78 is 6.80. The molecule has 2 N–H and O–H groups in total. The monoisotopic (exact) mass is 331 g/mol. The fourth-order valence-electron chi connectivity index (χ4n) is 1.84. The molecular weight excluding hydrogens is 322 g/mol. The molecule has 0 aliphatic carbocycles. The van der Waals surface area contributed by atoms with Crippen molar-refractivity contribution in [2.24, 2.45) is 5.11 Å². The summed E-state index contributed by atoms with van der Waals surface area (Å²) in [5.41, 5.74) is 7.06. The van der Waals surface area contributed by atoms with Gasteiger partial charge in [0.1, 0.15) is 6.23 Å². The van der Waals surface area contributed by atoms with E-state index in [0.29, 0.717) is 0 Å². The van der Waals surface area contributed by atoms with Crippen molar-refractivity contribution in [1.82, 2.24) is 9.55 Å². The molecule has 1 aliphatic heterocycles. The highest BCUT2D eigenvalue weighted by Crippen LogP contribution is 2.28. The van der Waals surface area contributed by atoms with Crippen LogP contribution in [0.15, 0.2) is 25.4 Å². The molecule has 2 rings (SSSR count). The van der Waals surface area contributed by atoms with Crippen LogP contribution in [0.3, 0.4) is 0 Å². The maximum atomic E-state index is 11.6. The number of halogens is 1. The highest BCUT2D eigenvalue weighted by atomic mass is 79.9. The molecule has 0 amide bonds. The van der Waals surface area contributed by atoms with E-state index in [0.717, 1.165) is 0 Å². The van der Waals surface area contributed by atoms with Gasteiger partial charge in [0.15, 0.2) is 0 Å². The Kier molecular flexibility index (Phi) is 4.05. The summed E-state index contributed by atoms with van der Waals surface area (Å²) in [5.74, 6) is 0. The van der Waals surface area contributed by atoms with E-state index in [2.05, 4.69) is 30.9 Å². The Balaban J connectivity index is 2.25. The van der Waals surface area contributed by atoms with Crippen LogP contribution in [0, 0.1) is 0 Å². The lowest BCUT2D eigenvalue weighted by atomic mass is 10.2. The van der Waals surface area contributed by atoms with Gasteiger partial charge in [-0.2, -0.15) is 0 Å². The summed E-state index contributed by atoms with van der Waals surface area (Å²) in [6, 6.07) is 0. The molecule has 3 atom stereocenters. The number of aliphatic hydroxyl groups is 1. The smallest absolute Gasteiger partial charge is 0.330 e. The van der Waals surface area contributed by atoms with Crippen molar-refractivity contribution in [1.29, 1.82) is 0 Å². The van der Waals surface area contributed by atoms with Gasteiger partial charge in [0.25, 0.3) is 5.56 Å². The average molecular weight is 332 g/mol. The number of nitrogens with one attached hydrogen (secondary N) is 1. The summed E-state index contributed by atoms with van der Waals surface area (Å²) in [6.45, 7) is -0.0204. The molecule has 0 radical (unpaired) electrons. The molecule has 0 aromatic carbocycles. The fourth-order valence-corrected chi connectivity index (χ4v) is 2.16. The number of hydrogen-bond donors (Lipinski definition) is 2. The molecule has 19 heavy (non-hydrogen) atoms. The molecule has 0 unspecified atom stereocenters. The zero-order valence-corrected chi connectivity index (χ0v) is 11.1. The Bertz CT molecular complexity index is 634. The molecule has 10 heteroatoms. The molecule has 1 fully saturated rings. The van der Waals surface area contributed by atoms with E-state index in [1.165, 1.54) is 10.8 Å². The Hall–Kier alpha value is -1.61. The summed E-state index contributed by atoms with van der Waals surface area (Å²) in [5, 5.41) is 13.1. The lowest BCUT2D eigenvalue weighted by Gasteiger charge is -2.14. The van der Waals surface area contributed by atoms with Gasteiger partial charge in [-0.1, -0.05) is 5.11 Å². The molecular formula is C9H10BrN5O4. The SMILES string of the molecule is [N-]=[N+]=NC[C@H]1O[C@@H](n2cc(Br)c(=O)[nH]c2=O)C[C@@H]1O. The molecule has 0 bridgehead atoms. The molecule has 1 aliphatic rings. The van der Waals surface area contributed by atoms with E-state index in [1.807, 2.05) is 0 Å². The summed E-state index contributed by atoms with van der Waals surface area (Å²) >= 11 is 3.01. The first-order valence-electron chi connectivity index (χ1n) is 5.38. The third-order valence-electron chi connectivity index (χ3n) is 2.76. The lowest BCUT2D eigenvalue weighted by molar-refractivity contribution is -0.0151. The van der Waals surface area contributed by atoms with E-state index in [9.17, 15) is 14.7 Å². The number of aromatic nitrogens is 2. The zero-order valence-electron chi connectivity index (χ0n) is 9.56. The molecule has 2 heterocycles. The van der Waals surface area contributed by atoms with Crippen molar-refractivity contribution >= 4 is 15.9 Å². The van der Waals surface area contributed by atoms with Gasteiger partial charge in [-0.05, 0) is 21.5 Å². The molecule has 1 aromatic heterocycles. The molecule has 1 aromatic rings. The quantitative estimate of drug-likeness (QED) is 0.466. The van der Waals surface area contributed by atoms with E-state index >= 15 is 0 Å². The fraction of sp³-hybridized carbons (Fsp3) is 0.556. The van der Waals surface area contributed by atoms with Crippen LogP contribution in [-0.2, 0) is 4.74 Å². The predicted molar refractivity (Wildman–Crippen MR) is 67.6 cm³/mol. The maximum absolute atomic E-state index is 11.6. The number of H-pyrrole nitrogens is 1. The van der Waals surface area contributed by atoms with Crippen LogP contribution in [-0.4, -0.2) is 33.4 Å². The molecule has 0 spiro atoms. The standard InChI is InChI=1S/C9H10BrN5O4/c10-4-3-15(9(18)13-8(4)17)7-1-5(16)6(19-7)2-12-14-11/h3,5-7,16H,1-2H2,(H,13,17,18)/t5-,6+,7+/m0/s1. The van der Waals surface area contributed by atoms with Crippen LogP contribution in [0.5, 0.6) is 0 Å². The molecule has 0 saturated carbocycles. The van der Waals surface area contributed by atoms with Crippen LogP contribution in [0.25, 0.3) is 10.4 Å². The summed E-state index contributed by atoms with van der Waals surface area (Å²) in [4.78, 5) is 27.6. The number of nitrogens with zero attached hydrogens (tertiary/aromatic N) is 4. The zero-order chi connectivity index (χ0) is 14.0. The highest BCUT2D eigenvalue weighted by molar-refractivity contribution is 9.10. The van der Waals surface area contributed by atoms with Gasteiger partial charge in [-0.25, -0.2) is 4.79 Å². The minimum absolute atomic E-state index is 0.0204. The Morgan fingerprint density at radius 3 is 3.11 bits per heavy atom. The third-order valence-corrected chi connectivity index (χ3v) is 3.33. The summed E-state index contributed by atoms with van der Waals surface area (Å²) in [7, 11) is 0. The Labute approximate surface area is 114 Å². The second-order valence-electron chi connectivity index (χ2n) is 3.99. The van der Waals surface area contributed by atoms with Crippen LogP contribution in [0.1, 0.15) is 12.6 Å². The maximum Gasteiger partial charge on any atom is 0.330 e. The van der Waals surface area contributed by atoms with Gasteiger partial charge in [0.05, 0.1) is 23.2 Å². The van der Waals surface area contributed by atoms with Gasteiger partial charge in [0.2, 0.25) is 0 Å². The molecule has 9 nitrogen and oxygen atoms in total. The second kappa shape index (κ2) is 5.57. The lowest BCUT2D eigenvalue weighted by Crippen LogP contribution is -2.32. The van der Waals surface area contributed by atoms with Crippen LogP contribution in [0.4, 0.5) is 0 Å². The normalized spacial score (nSPS) is 26.1. The van der Waals surface area contributed by atoms with Gasteiger partial charge < -0.3 is 9.84 Å². The first kappa shape index (κ1) is 13.8. The third kappa shape index (κ3) is 2.87. The molecule has 1 saturated heterocycles. The van der Waals surface area contributed by atoms with Crippen molar-refractivity contribution in [2.45, 2.75) is 24.9 Å². The van der Waals surface area contributed by atoms with E-state index < -0.39 is 29.7 Å². The Morgan fingerprint density at radius 1 is 1.68 bits per heavy atom. The van der Waals surface area contributed by atoms with Crippen molar-refractivity contribution in [3.05, 3.63) is 42.0 Å². The number of aromatic amines is 1. The van der Waals surface area contributed by atoms with Crippen LogP contribution >= 0.6 is 15.9 Å². The van der Waals surface area contributed by atoms with E-state index in [4.69, 9.17) is 10.3 Å². The Morgan fingerprint density at radius 2 is 2.42 bits per heavy atom. The predicted octanol–water partition coefficient (Wildman–Crippen LogP) is 0.258. The molecule has 102 valence electrons. The van der Waals surface area contributed by atoms with Crippen molar-refractivity contribution in [2.75, 3.05) is 6.54 Å². The number of aliphatic hydroxyl groups excluding tert-OH is 1. The second-order valence-corrected chi connectivity index (χ2v) is 4.84.